The number of rotatable bonds is 2. The van der Waals surface area contributed by atoms with Crippen LogP contribution in [0.15, 0.2) is 23.1 Å². The van der Waals surface area contributed by atoms with Gasteiger partial charge in [-0.25, -0.2) is 8.42 Å². The molecule has 1 saturated carbocycles. The largest absolute Gasteiger partial charge is 0.326 e. The topological polar surface area (TPSA) is 60.2 Å². The maximum Gasteiger partial charge on any atom is 0.184 e. The predicted octanol–water partition coefficient (Wildman–Crippen LogP) is 3.67. The molecule has 1 fully saturated rings. The van der Waals surface area contributed by atoms with Gasteiger partial charge < -0.3 is 5.73 Å². The van der Waals surface area contributed by atoms with Crippen molar-refractivity contribution in [3.63, 3.8) is 0 Å². The van der Waals surface area contributed by atoms with Crippen molar-refractivity contribution in [1.82, 2.24) is 0 Å². The molecular formula is C14H19Cl2NO2S. The Morgan fingerprint density at radius 1 is 1.30 bits per heavy atom. The molecule has 1 aliphatic carbocycles. The zero-order chi connectivity index (χ0) is 15.1. The van der Waals surface area contributed by atoms with Crippen LogP contribution < -0.4 is 5.73 Å². The lowest BCUT2D eigenvalue weighted by atomic mass is 9.73. The first-order valence-corrected chi connectivity index (χ1v) is 8.91. The highest BCUT2D eigenvalue weighted by atomic mass is 35.5. The molecule has 2 unspecified atom stereocenters. The molecule has 0 heterocycles. The SMILES string of the molecule is CC1(C)CCCC(S(=O)(=O)c2cc(Cl)ccc2Cl)C1N. The van der Waals surface area contributed by atoms with E-state index in [0.29, 0.717) is 11.4 Å². The molecule has 0 saturated heterocycles. The molecule has 2 rings (SSSR count). The van der Waals surface area contributed by atoms with Crippen molar-refractivity contribution in [2.45, 2.75) is 49.3 Å². The summed E-state index contributed by atoms with van der Waals surface area (Å²) in [5.74, 6) is 0. The normalized spacial score (nSPS) is 26.4. The third-order valence-corrected chi connectivity index (χ3v) is 7.16. The van der Waals surface area contributed by atoms with Crippen LogP contribution in [0.4, 0.5) is 0 Å². The number of hydrogen-bond donors (Lipinski definition) is 1. The van der Waals surface area contributed by atoms with E-state index in [2.05, 4.69) is 0 Å². The Morgan fingerprint density at radius 2 is 1.95 bits per heavy atom. The van der Waals surface area contributed by atoms with Crippen molar-refractivity contribution < 1.29 is 8.42 Å². The van der Waals surface area contributed by atoms with E-state index in [1.165, 1.54) is 12.1 Å². The van der Waals surface area contributed by atoms with Crippen molar-refractivity contribution in [2.24, 2.45) is 11.1 Å². The number of hydrogen-bond acceptors (Lipinski definition) is 3. The van der Waals surface area contributed by atoms with Crippen LogP contribution in [-0.2, 0) is 9.84 Å². The second-order valence-electron chi connectivity index (χ2n) is 6.06. The highest BCUT2D eigenvalue weighted by Crippen LogP contribution is 2.40. The van der Waals surface area contributed by atoms with Crippen molar-refractivity contribution in [3.8, 4) is 0 Å². The zero-order valence-corrected chi connectivity index (χ0v) is 13.9. The maximum absolute atomic E-state index is 12.8. The van der Waals surface area contributed by atoms with Gasteiger partial charge in [0.15, 0.2) is 9.84 Å². The standard InChI is InChI=1S/C14H19Cl2NO2S/c1-14(2)7-3-4-11(13(14)17)20(18,19)12-8-9(15)5-6-10(12)16/h5-6,8,11,13H,3-4,7,17H2,1-2H3. The van der Waals surface area contributed by atoms with Crippen LogP contribution in [0.1, 0.15) is 33.1 Å². The number of benzene rings is 1. The number of nitrogens with two attached hydrogens (primary N) is 1. The molecule has 1 aromatic carbocycles. The van der Waals surface area contributed by atoms with E-state index in [9.17, 15) is 8.42 Å². The van der Waals surface area contributed by atoms with Crippen LogP contribution >= 0.6 is 23.2 Å². The third-order valence-electron chi connectivity index (χ3n) is 4.21. The second kappa shape index (κ2) is 5.48. The second-order valence-corrected chi connectivity index (χ2v) is 9.04. The van der Waals surface area contributed by atoms with Crippen LogP contribution in [0.3, 0.4) is 0 Å². The van der Waals surface area contributed by atoms with Gasteiger partial charge in [-0.15, -0.1) is 0 Å². The lowest BCUT2D eigenvalue weighted by molar-refractivity contribution is 0.204. The van der Waals surface area contributed by atoms with Crippen molar-refractivity contribution in [2.75, 3.05) is 0 Å². The molecule has 3 nitrogen and oxygen atoms in total. The van der Waals surface area contributed by atoms with Crippen LogP contribution in [0.5, 0.6) is 0 Å². The van der Waals surface area contributed by atoms with E-state index in [1.807, 2.05) is 13.8 Å². The first-order chi connectivity index (χ1) is 9.16. The van der Waals surface area contributed by atoms with Gasteiger partial charge in [-0.05, 0) is 36.5 Å². The van der Waals surface area contributed by atoms with Crippen molar-refractivity contribution in [3.05, 3.63) is 28.2 Å². The van der Waals surface area contributed by atoms with Gasteiger partial charge in [-0.2, -0.15) is 0 Å². The lowest BCUT2D eigenvalue weighted by Gasteiger charge is -2.41. The van der Waals surface area contributed by atoms with Gasteiger partial charge >= 0.3 is 0 Å². The fourth-order valence-corrected chi connectivity index (χ4v) is 5.68. The Bertz CT molecular complexity index is 614. The molecule has 1 aliphatic rings. The monoisotopic (exact) mass is 335 g/mol. The maximum atomic E-state index is 12.8. The summed E-state index contributed by atoms with van der Waals surface area (Å²) in [6.07, 6.45) is 2.35. The molecule has 2 N–H and O–H groups in total. The van der Waals surface area contributed by atoms with E-state index in [0.717, 1.165) is 12.8 Å². The Labute approximate surface area is 130 Å². The van der Waals surface area contributed by atoms with Gasteiger partial charge in [-0.3, -0.25) is 0 Å². The lowest BCUT2D eigenvalue weighted by Crippen LogP contribution is -2.52. The fraction of sp³-hybridized carbons (Fsp3) is 0.571. The molecule has 6 heteroatoms. The molecule has 2 atom stereocenters. The van der Waals surface area contributed by atoms with E-state index in [1.54, 1.807) is 6.07 Å². The summed E-state index contributed by atoms with van der Waals surface area (Å²) in [7, 11) is -3.58. The Kier molecular flexibility index (Phi) is 4.41. The number of sulfone groups is 1. The van der Waals surface area contributed by atoms with Gasteiger partial charge in [-0.1, -0.05) is 43.5 Å². The quantitative estimate of drug-likeness (QED) is 0.896. The minimum atomic E-state index is -3.58. The zero-order valence-electron chi connectivity index (χ0n) is 11.6. The molecule has 0 amide bonds. The Morgan fingerprint density at radius 3 is 2.60 bits per heavy atom. The molecule has 0 bridgehead atoms. The Hall–Kier alpha value is -0.290. The van der Waals surface area contributed by atoms with E-state index in [4.69, 9.17) is 28.9 Å². The molecule has 0 aliphatic heterocycles. The summed E-state index contributed by atoms with van der Waals surface area (Å²) in [5.41, 5.74) is 6.02. The van der Waals surface area contributed by atoms with Crippen molar-refractivity contribution >= 4 is 33.0 Å². The van der Waals surface area contributed by atoms with Gasteiger partial charge in [0.1, 0.15) is 0 Å². The van der Waals surface area contributed by atoms with E-state index < -0.39 is 21.1 Å². The van der Waals surface area contributed by atoms with E-state index >= 15 is 0 Å². The highest BCUT2D eigenvalue weighted by Gasteiger charge is 2.44. The van der Waals surface area contributed by atoms with E-state index in [-0.39, 0.29) is 15.3 Å². The summed E-state index contributed by atoms with van der Waals surface area (Å²) in [5, 5.41) is -0.0520. The van der Waals surface area contributed by atoms with Crippen LogP contribution in [0.2, 0.25) is 10.0 Å². The molecule has 0 spiro atoms. The first-order valence-electron chi connectivity index (χ1n) is 6.61. The molecular weight excluding hydrogens is 317 g/mol. The first kappa shape index (κ1) is 16.1. The molecule has 0 radical (unpaired) electrons. The Balaban J connectivity index is 2.47. The summed E-state index contributed by atoms with van der Waals surface area (Å²) in [6.45, 7) is 4.03. The molecule has 112 valence electrons. The van der Waals surface area contributed by atoms with Gasteiger partial charge in [0, 0.05) is 11.1 Å². The smallest absolute Gasteiger partial charge is 0.184 e. The van der Waals surface area contributed by atoms with Gasteiger partial charge in [0.05, 0.1) is 15.2 Å². The van der Waals surface area contributed by atoms with Crippen LogP contribution in [-0.4, -0.2) is 19.7 Å². The fourth-order valence-electron chi connectivity index (χ4n) is 2.81. The summed E-state index contributed by atoms with van der Waals surface area (Å²) in [4.78, 5) is 0.0878. The highest BCUT2D eigenvalue weighted by molar-refractivity contribution is 7.92. The minimum absolute atomic E-state index is 0.0878. The summed E-state index contributed by atoms with van der Waals surface area (Å²) < 4.78 is 25.7. The summed E-state index contributed by atoms with van der Waals surface area (Å²) in [6, 6.07) is 4.09. The average Bonchev–Trinajstić information content (AvgIpc) is 2.35. The minimum Gasteiger partial charge on any atom is -0.326 e. The van der Waals surface area contributed by atoms with Crippen molar-refractivity contribution in [1.29, 1.82) is 0 Å². The molecule has 1 aromatic rings. The average molecular weight is 336 g/mol. The third kappa shape index (κ3) is 2.84. The van der Waals surface area contributed by atoms with Gasteiger partial charge in [0.25, 0.3) is 0 Å². The van der Waals surface area contributed by atoms with Crippen LogP contribution in [0.25, 0.3) is 0 Å². The van der Waals surface area contributed by atoms with Crippen LogP contribution in [0, 0.1) is 5.41 Å². The number of halogens is 2. The predicted molar refractivity (Wildman–Crippen MR) is 83.0 cm³/mol. The molecule has 0 aromatic heterocycles. The van der Waals surface area contributed by atoms with Gasteiger partial charge in [0.2, 0.25) is 0 Å². The summed E-state index contributed by atoms with van der Waals surface area (Å²) >= 11 is 11.9. The molecule has 20 heavy (non-hydrogen) atoms.